The maximum absolute atomic E-state index is 6.50. The first-order valence-corrected chi connectivity index (χ1v) is 10.7. The van der Waals surface area contributed by atoms with Crippen molar-refractivity contribution >= 4 is 23.1 Å². The number of nitrogens with zero attached hydrogens (tertiary/aromatic N) is 1. The van der Waals surface area contributed by atoms with Crippen LogP contribution in [0.3, 0.4) is 0 Å². The standard InChI is InChI=1S/C27H22BNO2/c1-27(2,3)17-12-14-21(29-16-17)18-13-15-24-25-26(18)31-23-11-7-5-9-20(23)28(25)19-8-4-6-10-22(19)30-24/h4-16H,1-3H3. The molecule has 0 radical (unpaired) electrons. The summed E-state index contributed by atoms with van der Waals surface area (Å²) in [6, 6.07) is 24.9. The number of para-hydroxylation sites is 2. The molecular formula is C27H22BNO2. The van der Waals surface area contributed by atoms with Crippen molar-refractivity contribution in [3.8, 4) is 34.3 Å². The summed E-state index contributed by atoms with van der Waals surface area (Å²) in [5.74, 6) is 3.49. The van der Waals surface area contributed by atoms with Crippen LogP contribution in [0.1, 0.15) is 26.3 Å². The van der Waals surface area contributed by atoms with E-state index in [0.717, 1.165) is 39.7 Å². The van der Waals surface area contributed by atoms with Crippen LogP contribution in [0.25, 0.3) is 11.3 Å². The summed E-state index contributed by atoms with van der Waals surface area (Å²) in [6.45, 7) is 6.68. The molecule has 31 heavy (non-hydrogen) atoms. The summed E-state index contributed by atoms with van der Waals surface area (Å²) in [5.41, 5.74) is 6.58. The van der Waals surface area contributed by atoms with Crippen LogP contribution >= 0.6 is 0 Å². The minimum atomic E-state index is 0.0632. The van der Waals surface area contributed by atoms with Gasteiger partial charge in [-0.1, -0.05) is 63.2 Å². The first-order chi connectivity index (χ1) is 15.0. The van der Waals surface area contributed by atoms with E-state index in [2.05, 4.69) is 63.2 Å². The molecule has 0 spiro atoms. The smallest absolute Gasteiger partial charge is 0.260 e. The molecule has 4 heteroatoms. The van der Waals surface area contributed by atoms with E-state index in [-0.39, 0.29) is 12.1 Å². The first kappa shape index (κ1) is 18.3. The molecule has 1 aromatic heterocycles. The Balaban J connectivity index is 1.57. The zero-order valence-electron chi connectivity index (χ0n) is 17.8. The number of rotatable bonds is 1. The van der Waals surface area contributed by atoms with E-state index < -0.39 is 0 Å². The van der Waals surface area contributed by atoms with Crippen molar-refractivity contribution in [1.29, 1.82) is 0 Å². The van der Waals surface area contributed by atoms with Crippen LogP contribution in [0.15, 0.2) is 79.0 Å². The number of hydrogen-bond donors (Lipinski definition) is 0. The van der Waals surface area contributed by atoms with Crippen LogP contribution in [0.2, 0.25) is 0 Å². The van der Waals surface area contributed by atoms with E-state index in [1.54, 1.807) is 0 Å². The van der Waals surface area contributed by atoms with Crippen molar-refractivity contribution in [3.63, 3.8) is 0 Å². The van der Waals surface area contributed by atoms with Crippen molar-refractivity contribution in [2.75, 3.05) is 0 Å². The van der Waals surface area contributed by atoms with Crippen molar-refractivity contribution in [1.82, 2.24) is 4.98 Å². The van der Waals surface area contributed by atoms with Gasteiger partial charge in [-0.15, -0.1) is 0 Å². The van der Waals surface area contributed by atoms with E-state index in [1.165, 1.54) is 16.5 Å². The predicted molar refractivity (Wildman–Crippen MR) is 126 cm³/mol. The predicted octanol–water partition coefficient (Wildman–Crippen LogP) is 4.77. The average Bonchev–Trinajstić information content (AvgIpc) is 2.78. The number of benzene rings is 3. The third-order valence-corrected chi connectivity index (χ3v) is 6.24. The number of hydrogen-bond acceptors (Lipinski definition) is 3. The zero-order chi connectivity index (χ0) is 21.2. The SMILES string of the molecule is CC(C)(C)c1ccc(-c2ccc3c4c2Oc2ccccc2B4c2ccccc2O3)nc1. The monoisotopic (exact) mass is 403 g/mol. The molecule has 0 saturated carbocycles. The minimum absolute atomic E-state index is 0.0632. The van der Waals surface area contributed by atoms with E-state index in [4.69, 9.17) is 14.5 Å². The Bertz CT molecular complexity index is 1310. The Morgan fingerprint density at radius 1 is 0.710 bits per heavy atom. The first-order valence-electron chi connectivity index (χ1n) is 10.7. The lowest BCUT2D eigenvalue weighted by Gasteiger charge is -2.33. The van der Waals surface area contributed by atoms with Crippen molar-refractivity contribution < 1.29 is 9.47 Å². The molecule has 6 rings (SSSR count). The molecule has 0 saturated heterocycles. The highest BCUT2D eigenvalue weighted by Gasteiger charge is 2.40. The third-order valence-electron chi connectivity index (χ3n) is 6.24. The average molecular weight is 403 g/mol. The quantitative estimate of drug-likeness (QED) is 0.371. The van der Waals surface area contributed by atoms with Crippen LogP contribution in [0.5, 0.6) is 23.0 Å². The van der Waals surface area contributed by atoms with Gasteiger partial charge in [0, 0.05) is 17.2 Å². The fourth-order valence-corrected chi connectivity index (χ4v) is 4.58. The van der Waals surface area contributed by atoms with Crippen molar-refractivity contribution in [2.24, 2.45) is 0 Å². The number of aromatic nitrogens is 1. The molecular weight excluding hydrogens is 381 g/mol. The van der Waals surface area contributed by atoms with E-state index in [0.29, 0.717) is 0 Å². The van der Waals surface area contributed by atoms with Gasteiger partial charge >= 0.3 is 0 Å². The molecule has 150 valence electrons. The Morgan fingerprint density at radius 3 is 2.03 bits per heavy atom. The highest BCUT2D eigenvalue weighted by atomic mass is 16.5. The van der Waals surface area contributed by atoms with Gasteiger partial charge in [0.1, 0.15) is 23.0 Å². The molecule has 0 amide bonds. The number of pyridine rings is 1. The van der Waals surface area contributed by atoms with Gasteiger partial charge in [0.2, 0.25) is 0 Å². The van der Waals surface area contributed by atoms with Crippen LogP contribution in [0.4, 0.5) is 0 Å². The summed E-state index contributed by atoms with van der Waals surface area (Å²) in [4.78, 5) is 4.80. The van der Waals surface area contributed by atoms with Gasteiger partial charge in [-0.2, -0.15) is 0 Å². The Kier molecular flexibility index (Phi) is 3.82. The molecule has 0 unspecified atom stereocenters. The van der Waals surface area contributed by atoms with Crippen LogP contribution in [-0.4, -0.2) is 11.7 Å². The maximum Gasteiger partial charge on any atom is 0.260 e. The van der Waals surface area contributed by atoms with Gasteiger partial charge in [0.15, 0.2) is 0 Å². The highest BCUT2D eigenvalue weighted by Crippen LogP contribution is 2.40. The molecule has 2 aliphatic heterocycles. The molecule has 2 aliphatic rings. The Labute approximate surface area is 182 Å². The van der Waals surface area contributed by atoms with Gasteiger partial charge in [0.25, 0.3) is 6.71 Å². The normalized spacial score (nSPS) is 13.5. The third kappa shape index (κ3) is 2.78. The largest absolute Gasteiger partial charge is 0.458 e. The molecule has 0 atom stereocenters. The van der Waals surface area contributed by atoms with Gasteiger partial charge in [-0.3, -0.25) is 4.98 Å². The summed E-state index contributed by atoms with van der Waals surface area (Å²) >= 11 is 0. The topological polar surface area (TPSA) is 31.4 Å². The lowest BCUT2D eigenvalue weighted by Crippen LogP contribution is -2.57. The van der Waals surface area contributed by atoms with Crippen molar-refractivity contribution in [3.05, 3.63) is 84.6 Å². The lowest BCUT2D eigenvalue weighted by molar-refractivity contribution is 0.465. The lowest BCUT2D eigenvalue weighted by atomic mass is 9.34. The van der Waals surface area contributed by atoms with Gasteiger partial charge in [0.05, 0.1) is 5.69 Å². The second kappa shape index (κ2) is 6.48. The fraction of sp³-hybridized carbons (Fsp3) is 0.148. The zero-order valence-corrected chi connectivity index (χ0v) is 17.8. The second-order valence-corrected chi connectivity index (χ2v) is 9.25. The van der Waals surface area contributed by atoms with Gasteiger partial charge < -0.3 is 9.47 Å². The molecule has 0 aliphatic carbocycles. The highest BCUT2D eigenvalue weighted by molar-refractivity contribution is 6.98. The summed E-state index contributed by atoms with van der Waals surface area (Å²) in [5, 5.41) is 0. The molecule has 0 fully saturated rings. The molecule has 3 heterocycles. The Hall–Kier alpha value is -3.53. The molecule has 0 bridgehead atoms. The van der Waals surface area contributed by atoms with Gasteiger partial charge in [-0.05, 0) is 52.2 Å². The fourth-order valence-electron chi connectivity index (χ4n) is 4.58. The summed E-state index contributed by atoms with van der Waals surface area (Å²) < 4.78 is 12.8. The molecule has 3 aromatic carbocycles. The Morgan fingerprint density at radius 2 is 1.39 bits per heavy atom. The maximum atomic E-state index is 6.50. The van der Waals surface area contributed by atoms with Crippen LogP contribution < -0.4 is 25.9 Å². The molecule has 0 N–H and O–H groups in total. The minimum Gasteiger partial charge on any atom is -0.458 e. The summed E-state index contributed by atoms with van der Waals surface area (Å²) in [6.07, 6.45) is 1.97. The van der Waals surface area contributed by atoms with E-state index >= 15 is 0 Å². The van der Waals surface area contributed by atoms with Gasteiger partial charge in [-0.25, -0.2) is 0 Å². The van der Waals surface area contributed by atoms with E-state index in [9.17, 15) is 0 Å². The molecule has 3 nitrogen and oxygen atoms in total. The second-order valence-electron chi connectivity index (χ2n) is 9.25. The molecule has 4 aromatic rings. The van der Waals surface area contributed by atoms with E-state index in [1.807, 2.05) is 36.5 Å². The summed E-state index contributed by atoms with van der Waals surface area (Å²) in [7, 11) is 0. The van der Waals surface area contributed by atoms with Crippen molar-refractivity contribution in [2.45, 2.75) is 26.2 Å². The van der Waals surface area contributed by atoms with Crippen LogP contribution in [0, 0.1) is 0 Å². The number of fused-ring (bicyclic) bond motifs is 4. The van der Waals surface area contributed by atoms with Crippen LogP contribution in [-0.2, 0) is 5.41 Å². The number of ether oxygens (including phenoxy) is 2.